The summed E-state index contributed by atoms with van der Waals surface area (Å²) in [5.41, 5.74) is 3.18. The van der Waals surface area contributed by atoms with Crippen LogP contribution >= 0.6 is 0 Å². The van der Waals surface area contributed by atoms with E-state index in [1.54, 1.807) is 6.92 Å². The molecule has 0 bridgehead atoms. The Kier molecular flexibility index (Phi) is 4.53. The van der Waals surface area contributed by atoms with Crippen LogP contribution in [0.3, 0.4) is 0 Å². The van der Waals surface area contributed by atoms with Crippen molar-refractivity contribution in [3.8, 4) is 0 Å². The lowest BCUT2D eigenvalue weighted by Gasteiger charge is -2.20. The van der Waals surface area contributed by atoms with Crippen molar-refractivity contribution in [2.45, 2.75) is 31.7 Å². The Morgan fingerprint density at radius 2 is 1.70 bits per heavy atom. The van der Waals surface area contributed by atoms with E-state index in [4.69, 9.17) is 5.73 Å². The zero-order chi connectivity index (χ0) is 15.7. The van der Waals surface area contributed by atoms with Gasteiger partial charge in [0.2, 0.25) is 0 Å². The van der Waals surface area contributed by atoms with Crippen molar-refractivity contribution in [3.63, 3.8) is 0 Å². The van der Waals surface area contributed by atoms with Crippen LogP contribution in [0.4, 0.5) is 26.3 Å². The molecular weight excluding hydrogens is 284 g/mol. The third-order valence-corrected chi connectivity index (χ3v) is 2.65. The molecule has 0 aliphatic rings. The number of hydrogen-bond donors (Lipinski definition) is 1. The van der Waals surface area contributed by atoms with E-state index in [9.17, 15) is 26.3 Å². The lowest BCUT2D eigenvalue weighted by Crippen LogP contribution is -2.19. The smallest absolute Gasteiger partial charge is 0.324 e. The molecule has 0 aromatic heterocycles. The number of benzene rings is 1. The van der Waals surface area contributed by atoms with Gasteiger partial charge in [0.05, 0.1) is 11.1 Å². The maximum Gasteiger partial charge on any atom is 0.416 e. The Morgan fingerprint density at radius 1 is 1.15 bits per heavy atom. The van der Waals surface area contributed by atoms with Crippen molar-refractivity contribution in [1.82, 2.24) is 0 Å². The average Bonchev–Trinajstić information content (AvgIpc) is 2.24. The molecule has 0 heterocycles. The van der Waals surface area contributed by atoms with Gasteiger partial charge in [0, 0.05) is 6.04 Å². The van der Waals surface area contributed by atoms with Gasteiger partial charge in [0.15, 0.2) is 0 Å². The third kappa shape index (κ3) is 4.00. The minimum Gasteiger partial charge on any atom is -0.324 e. The van der Waals surface area contributed by atoms with Crippen molar-refractivity contribution in [1.29, 1.82) is 0 Å². The Hall–Kier alpha value is -1.50. The van der Waals surface area contributed by atoms with Gasteiger partial charge < -0.3 is 5.73 Å². The van der Waals surface area contributed by atoms with Gasteiger partial charge in [-0.15, -0.1) is 6.58 Å². The Labute approximate surface area is 112 Å². The van der Waals surface area contributed by atoms with Gasteiger partial charge in [-0.05, 0) is 37.1 Å². The highest BCUT2D eigenvalue weighted by molar-refractivity contribution is 5.38. The molecule has 112 valence electrons. The van der Waals surface area contributed by atoms with Crippen molar-refractivity contribution in [2.24, 2.45) is 5.73 Å². The van der Waals surface area contributed by atoms with E-state index in [1.807, 2.05) is 0 Å². The second kappa shape index (κ2) is 5.47. The molecule has 7 heteroatoms. The van der Waals surface area contributed by atoms with Crippen LogP contribution in [0.25, 0.3) is 0 Å². The highest BCUT2D eigenvalue weighted by atomic mass is 19.4. The molecule has 0 aliphatic heterocycles. The fraction of sp³-hybridized carbons (Fsp3) is 0.385. The predicted molar refractivity (Wildman–Crippen MR) is 62.8 cm³/mol. The molecule has 1 aromatic carbocycles. The quantitative estimate of drug-likeness (QED) is 0.635. The van der Waals surface area contributed by atoms with E-state index < -0.39 is 35.1 Å². The first-order chi connectivity index (χ1) is 8.93. The van der Waals surface area contributed by atoms with E-state index in [0.29, 0.717) is 23.8 Å². The zero-order valence-electron chi connectivity index (χ0n) is 10.6. The highest BCUT2D eigenvalue weighted by Crippen LogP contribution is 2.39. The number of rotatable bonds is 3. The van der Waals surface area contributed by atoms with Crippen molar-refractivity contribution in [3.05, 3.63) is 47.0 Å². The van der Waals surface area contributed by atoms with Gasteiger partial charge >= 0.3 is 12.4 Å². The van der Waals surface area contributed by atoms with Crippen molar-refractivity contribution in [2.75, 3.05) is 0 Å². The van der Waals surface area contributed by atoms with Gasteiger partial charge in [-0.2, -0.15) is 26.3 Å². The van der Waals surface area contributed by atoms with Crippen LogP contribution in [0.5, 0.6) is 0 Å². The number of alkyl halides is 6. The molecule has 0 radical (unpaired) electrons. The Balaban J connectivity index is 3.37. The number of halogens is 6. The van der Waals surface area contributed by atoms with Crippen molar-refractivity contribution >= 4 is 0 Å². The van der Waals surface area contributed by atoms with E-state index >= 15 is 0 Å². The molecule has 1 aromatic rings. The lowest BCUT2D eigenvalue weighted by atomic mass is 9.94. The van der Waals surface area contributed by atoms with Crippen LogP contribution in [0.15, 0.2) is 30.4 Å². The molecule has 0 amide bonds. The normalized spacial score (nSPS) is 14.2. The van der Waals surface area contributed by atoms with Crippen LogP contribution in [0, 0.1) is 0 Å². The maximum atomic E-state index is 12.8. The van der Waals surface area contributed by atoms with Gasteiger partial charge in [0.25, 0.3) is 0 Å². The lowest BCUT2D eigenvalue weighted by molar-refractivity contribution is -0.142. The van der Waals surface area contributed by atoms with E-state index in [1.165, 1.54) is 0 Å². The molecule has 1 nitrogen and oxygen atoms in total. The molecular formula is C13H13F6N. The van der Waals surface area contributed by atoms with E-state index in [0.717, 1.165) is 0 Å². The van der Waals surface area contributed by atoms with E-state index in [2.05, 4.69) is 6.58 Å². The second-order valence-electron chi connectivity index (χ2n) is 4.57. The molecule has 1 rings (SSSR count). The summed E-state index contributed by atoms with van der Waals surface area (Å²) in [7, 11) is 0. The molecule has 20 heavy (non-hydrogen) atoms. The van der Waals surface area contributed by atoms with E-state index in [-0.39, 0.29) is 6.42 Å². The minimum atomic E-state index is -4.76. The number of hydrogen-bond acceptors (Lipinski definition) is 1. The topological polar surface area (TPSA) is 26.0 Å². The molecule has 0 unspecified atom stereocenters. The molecule has 0 saturated carbocycles. The first-order valence-electron chi connectivity index (χ1n) is 5.61. The zero-order valence-corrected chi connectivity index (χ0v) is 10.6. The van der Waals surface area contributed by atoms with Crippen LogP contribution in [0.2, 0.25) is 0 Å². The molecule has 0 fully saturated rings. The van der Waals surface area contributed by atoms with Crippen LogP contribution in [-0.2, 0) is 12.4 Å². The molecule has 2 N–H and O–H groups in total. The third-order valence-electron chi connectivity index (χ3n) is 2.65. The maximum absolute atomic E-state index is 12.8. The largest absolute Gasteiger partial charge is 0.416 e. The van der Waals surface area contributed by atoms with Crippen LogP contribution in [0.1, 0.15) is 36.1 Å². The van der Waals surface area contributed by atoms with Gasteiger partial charge in [-0.3, -0.25) is 0 Å². The predicted octanol–water partition coefficient (Wildman–Crippen LogP) is 4.69. The van der Waals surface area contributed by atoms with Crippen molar-refractivity contribution < 1.29 is 26.3 Å². The Bertz CT molecular complexity index is 501. The average molecular weight is 297 g/mol. The Morgan fingerprint density at radius 3 is 2.10 bits per heavy atom. The highest BCUT2D eigenvalue weighted by Gasteiger charge is 2.38. The summed E-state index contributed by atoms with van der Waals surface area (Å²) in [6, 6.07) is 0.0820. The SMILES string of the molecule is C=C(C)C[C@@H](N)c1cc(C(F)(F)F)ccc1C(F)(F)F. The standard InChI is InChI=1S/C13H13F6N/c1-7(2)5-11(20)9-6-8(12(14,15)16)3-4-10(9)13(17,18)19/h3-4,6,11H,1,5,20H2,2H3/t11-/m1/s1. The fourth-order valence-electron chi connectivity index (χ4n) is 1.79. The molecule has 0 spiro atoms. The van der Waals surface area contributed by atoms with Crippen LogP contribution in [-0.4, -0.2) is 0 Å². The first-order valence-corrected chi connectivity index (χ1v) is 5.61. The summed E-state index contributed by atoms with van der Waals surface area (Å²) in [6.45, 7) is 5.04. The van der Waals surface area contributed by atoms with Gasteiger partial charge in [0.1, 0.15) is 0 Å². The fourth-order valence-corrected chi connectivity index (χ4v) is 1.79. The summed E-state index contributed by atoms with van der Waals surface area (Å²) in [4.78, 5) is 0. The summed E-state index contributed by atoms with van der Waals surface area (Å²) in [6.07, 6.45) is -9.50. The molecule has 0 saturated heterocycles. The minimum absolute atomic E-state index is 0.0234. The summed E-state index contributed by atoms with van der Waals surface area (Å²) >= 11 is 0. The monoisotopic (exact) mass is 297 g/mol. The second-order valence-corrected chi connectivity index (χ2v) is 4.57. The van der Waals surface area contributed by atoms with Gasteiger partial charge in [-0.1, -0.05) is 5.57 Å². The molecule has 1 atom stereocenters. The molecule has 0 aliphatic carbocycles. The summed E-state index contributed by atoms with van der Waals surface area (Å²) in [5, 5.41) is 0. The summed E-state index contributed by atoms with van der Waals surface area (Å²) in [5.74, 6) is 0. The first kappa shape index (κ1) is 16.6. The van der Waals surface area contributed by atoms with Crippen LogP contribution < -0.4 is 5.73 Å². The summed E-state index contributed by atoms with van der Waals surface area (Å²) < 4.78 is 76.2. The number of nitrogens with two attached hydrogens (primary N) is 1. The van der Waals surface area contributed by atoms with Gasteiger partial charge in [-0.25, -0.2) is 0 Å².